The summed E-state index contributed by atoms with van der Waals surface area (Å²) in [5, 5.41) is 0. The van der Waals surface area contributed by atoms with Gasteiger partial charge >= 0.3 is 0 Å². The third-order valence-corrected chi connectivity index (χ3v) is 3.74. The van der Waals surface area contributed by atoms with Crippen LogP contribution in [0.4, 0.5) is 5.82 Å². The van der Waals surface area contributed by atoms with Gasteiger partial charge in [-0.15, -0.1) is 0 Å². The van der Waals surface area contributed by atoms with Crippen LogP contribution in [0.25, 0.3) is 0 Å². The molecule has 1 unspecified atom stereocenters. The highest BCUT2D eigenvalue weighted by Gasteiger charge is 2.22. The molecule has 1 aromatic heterocycles. The van der Waals surface area contributed by atoms with Crippen molar-refractivity contribution in [2.75, 3.05) is 37.6 Å². The molecule has 0 aromatic carbocycles. The molecule has 1 aromatic rings. The molecule has 1 saturated heterocycles. The number of anilines is 1. The Bertz CT molecular complexity index is 460. The normalized spacial score (nSPS) is 18.6. The van der Waals surface area contributed by atoms with E-state index in [0.29, 0.717) is 18.4 Å². The number of aromatic amines is 1. The van der Waals surface area contributed by atoms with Crippen LogP contribution in [-0.2, 0) is 0 Å². The van der Waals surface area contributed by atoms with E-state index in [9.17, 15) is 4.79 Å². The van der Waals surface area contributed by atoms with E-state index in [1.165, 1.54) is 0 Å². The number of hydrogen-bond donors (Lipinski definition) is 2. The van der Waals surface area contributed by atoms with Crippen molar-refractivity contribution in [3.8, 4) is 0 Å². The molecule has 1 atom stereocenters. The smallest absolute Gasteiger partial charge is 0.252 e. The largest absolute Gasteiger partial charge is 0.354 e. The average Bonchev–Trinajstić information content (AvgIpc) is 2.40. The minimum atomic E-state index is -0.0849. The number of nitrogens with two attached hydrogens (primary N) is 1. The van der Waals surface area contributed by atoms with E-state index in [-0.39, 0.29) is 5.56 Å². The molecule has 19 heavy (non-hydrogen) atoms. The third-order valence-electron chi connectivity index (χ3n) is 3.74. The number of aromatic nitrogens is 2. The Balaban J connectivity index is 2.01. The van der Waals surface area contributed by atoms with Crippen molar-refractivity contribution in [1.82, 2.24) is 14.9 Å². The lowest BCUT2D eigenvalue weighted by atomic mass is 10.1. The molecule has 0 radical (unpaired) electrons. The first-order valence-electron chi connectivity index (χ1n) is 6.91. The van der Waals surface area contributed by atoms with E-state index in [4.69, 9.17) is 5.73 Å². The van der Waals surface area contributed by atoms with E-state index in [1.807, 2.05) is 6.92 Å². The lowest BCUT2D eigenvalue weighted by Crippen LogP contribution is -2.52. The van der Waals surface area contributed by atoms with Crippen molar-refractivity contribution in [1.29, 1.82) is 0 Å². The Morgan fingerprint density at radius 2 is 2.11 bits per heavy atom. The highest BCUT2D eigenvalue weighted by atomic mass is 16.1. The maximum absolute atomic E-state index is 11.5. The SMILES string of the molecule is CCC(CN)N1CCN(c2cc(=O)[nH]c(C)n2)CC1. The fraction of sp³-hybridized carbons (Fsp3) is 0.692. The molecule has 0 amide bonds. The quantitative estimate of drug-likeness (QED) is 0.797. The number of nitrogens with zero attached hydrogens (tertiary/aromatic N) is 3. The highest BCUT2D eigenvalue weighted by molar-refractivity contribution is 5.38. The van der Waals surface area contributed by atoms with Gasteiger partial charge in [0.05, 0.1) is 0 Å². The number of rotatable bonds is 4. The molecule has 0 aliphatic carbocycles. The molecule has 106 valence electrons. The molecule has 1 aliphatic rings. The molecule has 1 fully saturated rings. The molecule has 3 N–H and O–H groups in total. The second-order valence-corrected chi connectivity index (χ2v) is 5.01. The number of aryl methyl sites for hydroxylation is 1. The van der Waals surface area contributed by atoms with Crippen LogP contribution in [0.15, 0.2) is 10.9 Å². The fourth-order valence-electron chi connectivity index (χ4n) is 2.62. The second kappa shape index (κ2) is 6.16. The topological polar surface area (TPSA) is 78.2 Å². The van der Waals surface area contributed by atoms with Crippen molar-refractivity contribution in [3.05, 3.63) is 22.2 Å². The maximum atomic E-state index is 11.5. The standard InChI is InChI=1S/C13H23N5O/c1-3-11(9-14)17-4-6-18(7-5-17)12-8-13(19)16-10(2)15-12/h8,11H,3-7,9,14H2,1-2H3,(H,15,16,19). The predicted molar refractivity (Wildman–Crippen MR) is 76.5 cm³/mol. The van der Waals surface area contributed by atoms with E-state index in [2.05, 4.69) is 26.7 Å². The molecular formula is C13H23N5O. The molecule has 1 aliphatic heterocycles. The van der Waals surface area contributed by atoms with Gasteiger partial charge in [-0.05, 0) is 13.3 Å². The van der Waals surface area contributed by atoms with E-state index >= 15 is 0 Å². The summed E-state index contributed by atoms with van der Waals surface area (Å²) in [4.78, 5) is 23.1. The van der Waals surface area contributed by atoms with E-state index < -0.39 is 0 Å². The monoisotopic (exact) mass is 265 g/mol. The van der Waals surface area contributed by atoms with Crippen LogP contribution in [0.2, 0.25) is 0 Å². The summed E-state index contributed by atoms with van der Waals surface area (Å²) in [6.45, 7) is 8.43. The van der Waals surface area contributed by atoms with Crippen LogP contribution in [0.5, 0.6) is 0 Å². The van der Waals surface area contributed by atoms with Crippen LogP contribution >= 0.6 is 0 Å². The zero-order valence-electron chi connectivity index (χ0n) is 11.7. The molecule has 2 heterocycles. The summed E-state index contributed by atoms with van der Waals surface area (Å²) in [7, 11) is 0. The molecule has 0 spiro atoms. The van der Waals surface area contributed by atoms with E-state index in [1.54, 1.807) is 6.07 Å². The highest BCUT2D eigenvalue weighted by Crippen LogP contribution is 2.14. The average molecular weight is 265 g/mol. The van der Waals surface area contributed by atoms with Gasteiger partial charge in [0.2, 0.25) is 0 Å². The van der Waals surface area contributed by atoms with Crippen LogP contribution in [0.3, 0.4) is 0 Å². The van der Waals surface area contributed by atoms with Crippen molar-refractivity contribution in [3.63, 3.8) is 0 Å². The first kappa shape index (κ1) is 14.0. The van der Waals surface area contributed by atoms with Crippen LogP contribution < -0.4 is 16.2 Å². The summed E-state index contributed by atoms with van der Waals surface area (Å²) < 4.78 is 0. The van der Waals surface area contributed by atoms with Crippen LogP contribution in [0.1, 0.15) is 19.2 Å². The van der Waals surface area contributed by atoms with Gasteiger partial charge in [0.1, 0.15) is 11.6 Å². The minimum Gasteiger partial charge on any atom is -0.354 e. The van der Waals surface area contributed by atoms with Crippen LogP contribution in [-0.4, -0.2) is 53.6 Å². The number of H-pyrrole nitrogens is 1. The molecular weight excluding hydrogens is 242 g/mol. The Labute approximate surface area is 113 Å². The van der Waals surface area contributed by atoms with Gasteiger partial charge in [0.15, 0.2) is 0 Å². The minimum absolute atomic E-state index is 0.0849. The van der Waals surface area contributed by atoms with Crippen molar-refractivity contribution < 1.29 is 0 Å². The van der Waals surface area contributed by atoms with Crippen molar-refractivity contribution in [2.45, 2.75) is 26.3 Å². The summed E-state index contributed by atoms with van der Waals surface area (Å²) in [5.41, 5.74) is 5.70. The van der Waals surface area contributed by atoms with Gasteiger partial charge in [-0.1, -0.05) is 6.92 Å². The lowest BCUT2D eigenvalue weighted by Gasteiger charge is -2.39. The Kier molecular flexibility index (Phi) is 4.55. The molecule has 2 rings (SSSR count). The third kappa shape index (κ3) is 3.33. The van der Waals surface area contributed by atoms with Crippen molar-refractivity contribution >= 4 is 5.82 Å². The summed E-state index contributed by atoms with van der Waals surface area (Å²) in [6, 6.07) is 2.04. The number of hydrogen-bond acceptors (Lipinski definition) is 5. The summed E-state index contributed by atoms with van der Waals surface area (Å²) in [5.74, 6) is 1.44. The molecule has 6 nitrogen and oxygen atoms in total. The Morgan fingerprint density at radius 1 is 1.42 bits per heavy atom. The van der Waals surface area contributed by atoms with Crippen LogP contribution in [0, 0.1) is 6.92 Å². The van der Waals surface area contributed by atoms with Gasteiger partial charge in [0.25, 0.3) is 5.56 Å². The zero-order valence-corrected chi connectivity index (χ0v) is 11.7. The zero-order chi connectivity index (χ0) is 13.8. The fourth-order valence-corrected chi connectivity index (χ4v) is 2.62. The number of nitrogens with one attached hydrogen (secondary N) is 1. The van der Waals surface area contributed by atoms with Gasteiger partial charge in [-0.2, -0.15) is 0 Å². The van der Waals surface area contributed by atoms with Gasteiger partial charge in [-0.25, -0.2) is 4.98 Å². The first-order chi connectivity index (χ1) is 9.13. The molecule has 0 saturated carbocycles. The lowest BCUT2D eigenvalue weighted by molar-refractivity contribution is 0.184. The predicted octanol–water partition coefficient (Wildman–Crippen LogP) is -0.0624. The second-order valence-electron chi connectivity index (χ2n) is 5.01. The maximum Gasteiger partial charge on any atom is 0.252 e. The molecule has 0 bridgehead atoms. The molecule has 6 heteroatoms. The van der Waals surface area contributed by atoms with Crippen molar-refractivity contribution in [2.24, 2.45) is 5.73 Å². The van der Waals surface area contributed by atoms with Gasteiger partial charge in [-0.3, -0.25) is 9.69 Å². The number of piperazine rings is 1. The first-order valence-corrected chi connectivity index (χ1v) is 6.91. The Morgan fingerprint density at radius 3 is 2.63 bits per heavy atom. The Hall–Kier alpha value is -1.40. The van der Waals surface area contributed by atoms with Gasteiger partial charge in [0, 0.05) is 44.8 Å². The summed E-state index contributed by atoms with van der Waals surface area (Å²) >= 11 is 0. The van der Waals surface area contributed by atoms with Gasteiger partial charge < -0.3 is 15.6 Å². The summed E-state index contributed by atoms with van der Waals surface area (Å²) in [6.07, 6.45) is 1.08. The van der Waals surface area contributed by atoms with E-state index in [0.717, 1.165) is 38.4 Å².